The van der Waals surface area contributed by atoms with E-state index in [1.54, 1.807) is 30.3 Å². The number of hydrogen-bond acceptors (Lipinski definition) is 6. The smallest absolute Gasteiger partial charge is 0.341 e. The van der Waals surface area contributed by atoms with Gasteiger partial charge < -0.3 is 14.9 Å². The van der Waals surface area contributed by atoms with Crippen molar-refractivity contribution in [3.05, 3.63) is 59.2 Å². The molecule has 0 unspecified atom stereocenters. The lowest BCUT2D eigenvalue weighted by Gasteiger charge is -2.02. The molecule has 0 spiro atoms. The molecule has 2 N–H and O–H groups in total. The van der Waals surface area contributed by atoms with Gasteiger partial charge in [-0.25, -0.2) is 4.79 Å². The van der Waals surface area contributed by atoms with E-state index in [0.29, 0.717) is 5.56 Å². The second-order valence-corrected chi connectivity index (χ2v) is 4.35. The highest BCUT2D eigenvalue weighted by atomic mass is 16.5. The Labute approximate surface area is 127 Å². The molecule has 6 nitrogen and oxygen atoms in total. The Morgan fingerprint density at radius 2 is 1.59 bits per heavy atom. The van der Waals surface area contributed by atoms with Crippen molar-refractivity contribution in [3.63, 3.8) is 0 Å². The van der Waals surface area contributed by atoms with Crippen LogP contribution in [-0.2, 0) is 4.74 Å². The van der Waals surface area contributed by atoms with E-state index in [2.05, 4.69) is 14.9 Å². The van der Waals surface area contributed by atoms with Gasteiger partial charge >= 0.3 is 5.97 Å². The van der Waals surface area contributed by atoms with Crippen LogP contribution in [-0.4, -0.2) is 35.7 Å². The molecule has 6 heteroatoms. The summed E-state index contributed by atoms with van der Waals surface area (Å²) in [6, 6.07) is 10.9. The van der Waals surface area contributed by atoms with Crippen LogP contribution in [0.3, 0.4) is 0 Å². The van der Waals surface area contributed by atoms with Crippen LogP contribution >= 0.6 is 0 Å². The van der Waals surface area contributed by atoms with E-state index in [-0.39, 0.29) is 17.1 Å². The Hall–Kier alpha value is -3.15. The summed E-state index contributed by atoms with van der Waals surface area (Å²) in [5.74, 6) is -0.600. The first-order chi connectivity index (χ1) is 10.6. The summed E-state index contributed by atoms with van der Waals surface area (Å²) in [5, 5.41) is 26.5. The number of ether oxygens (including phenoxy) is 1. The minimum absolute atomic E-state index is 0.0639. The van der Waals surface area contributed by atoms with Crippen LogP contribution in [0.25, 0.3) is 0 Å². The fraction of sp³-hybridized carbons (Fsp3) is 0.0625. The first-order valence-corrected chi connectivity index (χ1v) is 6.37. The Morgan fingerprint density at radius 1 is 1.00 bits per heavy atom. The van der Waals surface area contributed by atoms with Crippen molar-refractivity contribution in [1.29, 1.82) is 0 Å². The summed E-state index contributed by atoms with van der Waals surface area (Å²) in [4.78, 5) is 11.5. The van der Waals surface area contributed by atoms with Gasteiger partial charge in [-0.15, -0.1) is 0 Å². The van der Waals surface area contributed by atoms with Crippen molar-refractivity contribution in [1.82, 2.24) is 0 Å². The number of methoxy groups -OCH3 is 1. The normalized spacial score (nSPS) is 11.1. The molecule has 0 saturated carbocycles. The molecule has 0 amide bonds. The van der Waals surface area contributed by atoms with Gasteiger partial charge in [0.15, 0.2) is 0 Å². The number of carbonyl (C=O) groups excluding carboxylic acids is 1. The summed E-state index contributed by atoms with van der Waals surface area (Å²) in [6.45, 7) is 0. The minimum Gasteiger partial charge on any atom is -0.508 e. The number of nitrogens with zero attached hydrogens (tertiary/aromatic N) is 2. The fourth-order valence-electron chi connectivity index (χ4n) is 1.67. The minimum atomic E-state index is -0.625. The van der Waals surface area contributed by atoms with Crippen molar-refractivity contribution < 1.29 is 19.7 Å². The van der Waals surface area contributed by atoms with E-state index in [1.165, 1.54) is 31.7 Å². The zero-order valence-corrected chi connectivity index (χ0v) is 11.8. The van der Waals surface area contributed by atoms with Gasteiger partial charge in [0, 0.05) is 0 Å². The number of phenolic OH excluding ortho intramolecular Hbond substituents is 2. The average Bonchev–Trinajstić information content (AvgIpc) is 2.54. The summed E-state index contributed by atoms with van der Waals surface area (Å²) in [7, 11) is 1.24. The van der Waals surface area contributed by atoms with E-state index < -0.39 is 5.97 Å². The van der Waals surface area contributed by atoms with E-state index in [9.17, 15) is 9.90 Å². The number of benzene rings is 2. The lowest BCUT2D eigenvalue weighted by Crippen LogP contribution is -2.02. The highest BCUT2D eigenvalue weighted by Gasteiger charge is 2.11. The molecule has 0 bridgehead atoms. The highest BCUT2D eigenvalue weighted by molar-refractivity contribution is 5.95. The first-order valence-electron chi connectivity index (χ1n) is 6.37. The molecule has 0 aliphatic heterocycles. The molecule has 2 rings (SSSR count). The molecule has 0 aliphatic carbocycles. The van der Waals surface area contributed by atoms with Crippen LogP contribution in [0.2, 0.25) is 0 Å². The second-order valence-electron chi connectivity index (χ2n) is 4.35. The largest absolute Gasteiger partial charge is 0.508 e. The van der Waals surface area contributed by atoms with Gasteiger partial charge in [-0.3, -0.25) is 0 Å². The van der Waals surface area contributed by atoms with Crippen LogP contribution in [0.4, 0.5) is 0 Å². The van der Waals surface area contributed by atoms with Crippen LogP contribution in [0.5, 0.6) is 11.5 Å². The SMILES string of the molecule is COC(=O)c1cc(/C=N/N=C/c2ccc(O)cc2)ccc1O. The van der Waals surface area contributed by atoms with Crippen molar-refractivity contribution in [2.75, 3.05) is 7.11 Å². The van der Waals surface area contributed by atoms with Crippen molar-refractivity contribution in [3.8, 4) is 11.5 Å². The molecule has 0 aromatic heterocycles. The predicted octanol–water partition coefficient (Wildman–Crippen LogP) is 2.34. The van der Waals surface area contributed by atoms with Gasteiger partial charge in [-0.05, 0) is 53.6 Å². The third kappa shape index (κ3) is 3.92. The summed E-state index contributed by atoms with van der Waals surface area (Å²) in [6.07, 6.45) is 2.97. The molecule has 2 aromatic carbocycles. The number of rotatable bonds is 4. The quantitative estimate of drug-likeness (QED) is 0.515. The molecule has 0 heterocycles. The summed E-state index contributed by atoms with van der Waals surface area (Å²) >= 11 is 0. The van der Waals surface area contributed by atoms with Gasteiger partial charge in [-0.2, -0.15) is 10.2 Å². The van der Waals surface area contributed by atoms with Gasteiger partial charge in [0.1, 0.15) is 17.1 Å². The zero-order valence-electron chi connectivity index (χ0n) is 11.8. The number of aromatic hydroxyl groups is 2. The van der Waals surface area contributed by atoms with Gasteiger partial charge in [0.05, 0.1) is 19.5 Å². The van der Waals surface area contributed by atoms with Crippen LogP contribution in [0.1, 0.15) is 21.5 Å². The maximum absolute atomic E-state index is 11.5. The Morgan fingerprint density at radius 3 is 2.23 bits per heavy atom. The molecule has 0 fully saturated rings. The third-order valence-electron chi connectivity index (χ3n) is 2.80. The van der Waals surface area contributed by atoms with Crippen molar-refractivity contribution >= 4 is 18.4 Å². The summed E-state index contributed by atoms with van der Waals surface area (Å²) in [5.41, 5.74) is 1.45. The predicted molar refractivity (Wildman–Crippen MR) is 82.7 cm³/mol. The molecule has 0 saturated heterocycles. The van der Waals surface area contributed by atoms with Crippen LogP contribution in [0.15, 0.2) is 52.7 Å². The Kier molecular flexibility index (Phi) is 4.87. The lowest BCUT2D eigenvalue weighted by atomic mass is 10.1. The van der Waals surface area contributed by atoms with Gasteiger partial charge in [-0.1, -0.05) is 0 Å². The second kappa shape index (κ2) is 7.03. The molecule has 22 heavy (non-hydrogen) atoms. The molecular weight excluding hydrogens is 284 g/mol. The van der Waals surface area contributed by atoms with E-state index in [0.717, 1.165) is 5.56 Å². The molecule has 112 valence electrons. The van der Waals surface area contributed by atoms with Crippen molar-refractivity contribution in [2.24, 2.45) is 10.2 Å². The standard InChI is InChI=1S/C16H14N2O4/c1-22-16(21)14-8-12(4-7-15(14)20)10-18-17-9-11-2-5-13(19)6-3-11/h2-10,19-20H,1H3/b17-9+,18-10+. The van der Waals surface area contributed by atoms with E-state index in [4.69, 9.17) is 5.11 Å². The highest BCUT2D eigenvalue weighted by Crippen LogP contribution is 2.18. The van der Waals surface area contributed by atoms with E-state index in [1.807, 2.05) is 0 Å². The number of esters is 1. The van der Waals surface area contributed by atoms with Crippen LogP contribution < -0.4 is 0 Å². The summed E-state index contributed by atoms with van der Waals surface area (Å²) < 4.78 is 4.57. The van der Waals surface area contributed by atoms with Crippen LogP contribution in [0, 0.1) is 0 Å². The molecule has 0 radical (unpaired) electrons. The maximum atomic E-state index is 11.5. The molecule has 0 aliphatic rings. The Bertz CT molecular complexity index is 721. The third-order valence-corrected chi connectivity index (χ3v) is 2.80. The van der Waals surface area contributed by atoms with Crippen molar-refractivity contribution in [2.45, 2.75) is 0 Å². The average molecular weight is 298 g/mol. The fourth-order valence-corrected chi connectivity index (χ4v) is 1.67. The van der Waals surface area contributed by atoms with E-state index >= 15 is 0 Å². The monoisotopic (exact) mass is 298 g/mol. The molecule has 2 aromatic rings. The number of carbonyl (C=O) groups is 1. The van der Waals surface area contributed by atoms with Gasteiger partial charge in [0.25, 0.3) is 0 Å². The zero-order chi connectivity index (χ0) is 15.9. The maximum Gasteiger partial charge on any atom is 0.341 e. The number of hydrogen-bond donors (Lipinski definition) is 2. The Balaban J connectivity index is 2.10. The topological polar surface area (TPSA) is 91.5 Å². The number of phenols is 2. The lowest BCUT2D eigenvalue weighted by molar-refractivity contribution is 0.0597. The first kappa shape index (κ1) is 15.2. The molecular formula is C16H14N2O4. The van der Waals surface area contributed by atoms with Gasteiger partial charge in [0.2, 0.25) is 0 Å². The molecule has 0 atom stereocenters.